The summed E-state index contributed by atoms with van der Waals surface area (Å²) in [4.78, 5) is 38.6. The summed E-state index contributed by atoms with van der Waals surface area (Å²) in [5.41, 5.74) is 1.28. The first kappa shape index (κ1) is 22.3. The molecule has 2 N–H and O–H groups in total. The lowest BCUT2D eigenvalue weighted by Crippen LogP contribution is -2.31. The van der Waals surface area contributed by atoms with E-state index in [1.165, 1.54) is 30.6 Å². The Morgan fingerprint density at radius 2 is 1.90 bits per heavy atom. The second-order valence-electron chi connectivity index (χ2n) is 6.81. The van der Waals surface area contributed by atoms with Crippen molar-refractivity contribution in [1.82, 2.24) is 5.32 Å². The highest BCUT2D eigenvalue weighted by Crippen LogP contribution is 2.38. The summed E-state index contributed by atoms with van der Waals surface area (Å²) in [7, 11) is 1.19. The van der Waals surface area contributed by atoms with Gasteiger partial charge in [0, 0.05) is 16.2 Å². The van der Waals surface area contributed by atoms with Crippen molar-refractivity contribution in [3.63, 3.8) is 0 Å². The van der Waals surface area contributed by atoms with Crippen LogP contribution in [0.3, 0.4) is 0 Å². The lowest BCUT2D eigenvalue weighted by atomic mass is 9.95. The largest absolute Gasteiger partial charge is 0.453 e. The first-order valence-electron chi connectivity index (χ1n) is 9.70. The Morgan fingerprint density at radius 1 is 1.17 bits per heavy atom. The van der Waals surface area contributed by atoms with Gasteiger partial charge in [0.15, 0.2) is 0 Å². The molecular weight excluding hydrogens is 427 g/mol. The quantitative estimate of drug-likeness (QED) is 0.469. The van der Waals surface area contributed by atoms with E-state index in [2.05, 4.69) is 15.4 Å². The Balaban J connectivity index is 1.59. The third kappa shape index (κ3) is 5.82. The number of amides is 3. The standard InChI is InChI=1S/C21H23FN2O4S2/c1-28-21(27)24-19(26)18-15-5-2-3-6-16(15)30-20(18)23-17(25)7-4-12-29-14-10-8-13(22)9-11-14/h8-11H,2-7,12H2,1H3,(H,23,25)(H,24,26,27). The molecule has 1 aliphatic carbocycles. The highest BCUT2D eigenvalue weighted by atomic mass is 32.2. The van der Waals surface area contributed by atoms with Crippen molar-refractivity contribution >= 4 is 46.0 Å². The monoisotopic (exact) mass is 450 g/mol. The molecule has 3 amide bonds. The number of hydrogen-bond acceptors (Lipinski definition) is 6. The first-order valence-corrected chi connectivity index (χ1v) is 11.5. The van der Waals surface area contributed by atoms with E-state index in [0.717, 1.165) is 46.8 Å². The fraction of sp³-hybridized carbons (Fsp3) is 0.381. The van der Waals surface area contributed by atoms with Gasteiger partial charge in [-0.1, -0.05) is 0 Å². The Labute approximate surface area is 182 Å². The van der Waals surface area contributed by atoms with Crippen LogP contribution in [0.4, 0.5) is 14.2 Å². The summed E-state index contributed by atoms with van der Waals surface area (Å²) < 4.78 is 17.5. The highest BCUT2D eigenvalue weighted by Gasteiger charge is 2.27. The molecule has 160 valence electrons. The molecule has 0 spiro atoms. The number of benzene rings is 1. The van der Waals surface area contributed by atoms with E-state index in [-0.39, 0.29) is 11.7 Å². The lowest BCUT2D eigenvalue weighted by Gasteiger charge is -2.12. The number of thiophene rings is 1. The molecular formula is C21H23FN2O4S2. The van der Waals surface area contributed by atoms with E-state index in [0.29, 0.717) is 23.4 Å². The summed E-state index contributed by atoms with van der Waals surface area (Å²) in [6.45, 7) is 0. The van der Waals surface area contributed by atoms with E-state index in [1.54, 1.807) is 23.9 Å². The van der Waals surface area contributed by atoms with Crippen molar-refractivity contribution in [3.8, 4) is 0 Å². The normalized spacial score (nSPS) is 12.7. The Hall–Kier alpha value is -2.39. The number of carbonyl (C=O) groups excluding carboxylic acids is 3. The number of hydrogen-bond donors (Lipinski definition) is 2. The predicted molar refractivity (Wildman–Crippen MR) is 116 cm³/mol. The van der Waals surface area contributed by atoms with Gasteiger partial charge >= 0.3 is 6.09 Å². The van der Waals surface area contributed by atoms with Crippen LogP contribution >= 0.6 is 23.1 Å². The molecule has 1 aromatic heterocycles. The summed E-state index contributed by atoms with van der Waals surface area (Å²) in [5, 5.41) is 5.53. The number of alkyl carbamates (subject to hydrolysis) is 1. The Morgan fingerprint density at radius 3 is 2.63 bits per heavy atom. The topological polar surface area (TPSA) is 84.5 Å². The number of fused-ring (bicyclic) bond motifs is 1. The van der Waals surface area contributed by atoms with Crippen LogP contribution in [0, 0.1) is 5.82 Å². The molecule has 0 saturated heterocycles. The summed E-state index contributed by atoms with van der Waals surface area (Å²) in [6, 6.07) is 6.24. The number of rotatable bonds is 7. The number of ether oxygens (including phenoxy) is 1. The van der Waals surface area contributed by atoms with Crippen molar-refractivity contribution in [1.29, 1.82) is 0 Å². The van der Waals surface area contributed by atoms with Crippen LogP contribution in [0.15, 0.2) is 29.2 Å². The van der Waals surface area contributed by atoms with Crippen LogP contribution in [0.25, 0.3) is 0 Å². The van der Waals surface area contributed by atoms with Gasteiger partial charge in [-0.05, 0) is 67.7 Å². The molecule has 0 aliphatic heterocycles. The van der Waals surface area contributed by atoms with Crippen LogP contribution in [-0.4, -0.2) is 30.8 Å². The SMILES string of the molecule is COC(=O)NC(=O)c1c(NC(=O)CCCSc2ccc(F)cc2)sc2c1CCCC2. The lowest BCUT2D eigenvalue weighted by molar-refractivity contribution is -0.116. The summed E-state index contributed by atoms with van der Waals surface area (Å²) in [6.07, 6.45) is 3.74. The van der Waals surface area contributed by atoms with Crippen LogP contribution in [-0.2, 0) is 22.4 Å². The number of methoxy groups -OCH3 is 1. The summed E-state index contributed by atoms with van der Waals surface area (Å²) >= 11 is 2.96. The van der Waals surface area contributed by atoms with Gasteiger partial charge in [0.2, 0.25) is 5.91 Å². The van der Waals surface area contributed by atoms with E-state index in [1.807, 2.05) is 0 Å². The number of imide groups is 1. The average molecular weight is 451 g/mol. The van der Waals surface area contributed by atoms with Gasteiger partial charge in [0.25, 0.3) is 5.91 Å². The van der Waals surface area contributed by atoms with E-state index >= 15 is 0 Å². The van der Waals surface area contributed by atoms with Crippen LogP contribution in [0.2, 0.25) is 0 Å². The molecule has 3 rings (SSSR count). The van der Waals surface area contributed by atoms with Gasteiger partial charge < -0.3 is 10.1 Å². The van der Waals surface area contributed by atoms with Crippen molar-refractivity contribution in [3.05, 3.63) is 46.1 Å². The zero-order valence-corrected chi connectivity index (χ0v) is 18.2. The molecule has 0 atom stereocenters. The van der Waals surface area contributed by atoms with Gasteiger partial charge in [-0.25, -0.2) is 9.18 Å². The van der Waals surface area contributed by atoms with Crippen molar-refractivity contribution < 1.29 is 23.5 Å². The fourth-order valence-electron chi connectivity index (χ4n) is 3.24. The molecule has 0 fully saturated rings. The minimum atomic E-state index is -0.828. The van der Waals surface area contributed by atoms with Gasteiger partial charge in [-0.3, -0.25) is 14.9 Å². The average Bonchev–Trinajstić information content (AvgIpc) is 3.10. The minimum Gasteiger partial charge on any atom is -0.453 e. The maximum atomic E-state index is 12.9. The number of anilines is 1. The van der Waals surface area contributed by atoms with E-state index in [9.17, 15) is 18.8 Å². The van der Waals surface area contributed by atoms with Gasteiger partial charge in [-0.2, -0.15) is 0 Å². The van der Waals surface area contributed by atoms with Gasteiger partial charge in [-0.15, -0.1) is 23.1 Å². The van der Waals surface area contributed by atoms with E-state index in [4.69, 9.17) is 0 Å². The molecule has 6 nitrogen and oxygen atoms in total. The van der Waals surface area contributed by atoms with E-state index < -0.39 is 12.0 Å². The first-order chi connectivity index (χ1) is 14.5. The second kappa shape index (κ2) is 10.6. The zero-order chi connectivity index (χ0) is 21.5. The molecule has 9 heteroatoms. The molecule has 1 heterocycles. The molecule has 30 heavy (non-hydrogen) atoms. The molecule has 0 bridgehead atoms. The number of nitrogens with one attached hydrogen (secondary N) is 2. The zero-order valence-electron chi connectivity index (χ0n) is 16.6. The van der Waals surface area contributed by atoms with Crippen LogP contribution in [0.5, 0.6) is 0 Å². The highest BCUT2D eigenvalue weighted by molar-refractivity contribution is 7.99. The molecule has 1 aliphatic rings. The molecule has 1 aromatic carbocycles. The van der Waals surface area contributed by atoms with Crippen molar-refractivity contribution in [2.24, 2.45) is 0 Å². The third-order valence-electron chi connectivity index (χ3n) is 4.68. The molecule has 0 saturated carbocycles. The smallest absolute Gasteiger partial charge is 0.413 e. The maximum Gasteiger partial charge on any atom is 0.413 e. The number of halogens is 1. The number of carbonyl (C=O) groups is 3. The minimum absolute atomic E-state index is 0.180. The van der Waals surface area contributed by atoms with Crippen LogP contribution < -0.4 is 10.6 Å². The molecule has 0 unspecified atom stereocenters. The number of aryl methyl sites for hydroxylation is 1. The molecule has 0 radical (unpaired) electrons. The van der Waals surface area contributed by atoms with Gasteiger partial charge in [0.05, 0.1) is 12.7 Å². The molecule has 2 aromatic rings. The number of thioether (sulfide) groups is 1. The summed E-state index contributed by atoms with van der Waals surface area (Å²) in [5.74, 6) is -0.288. The van der Waals surface area contributed by atoms with Crippen molar-refractivity contribution in [2.45, 2.75) is 43.4 Å². The predicted octanol–water partition coefficient (Wildman–Crippen LogP) is 4.77. The second-order valence-corrected chi connectivity index (χ2v) is 9.09. The van der Waals surface area contributed by atoms with Crippen LogP contribution in [0.1, 0.15) is 46.5 Å². The van der Waals surface area contributed by atoms with Gasteiger partial charge in [0.1, 0.15) is 10.8 Å². The Kier molecular flexibility index (Phi) is 7.87. The van der Waals surface area contributed by atoms with Crippen molar-refractivity contribution in [2.75, 3.05) is 18.2 Å². The maximum absolute atomic E-state index is 12.9. The fourth-order valence-corrected chi connectivity index (χ4v) is 5.40. The Bertz CT molecular complexity index is 928. The third-order valence-corrected chi connectivity index (χ3v) is 6.99.